The van der Waals surface area contributed by atoms with Crippen LogP contribution in [0.3, 0.4) is 0 Å². The van der Waals surface area contributed by atoms with Crippen LogP contribution in [0.4, 0.5) is 0 Å². The van der Waals surface area contributed by atoms with Gasteiger partial charge in [0.25, 0.3) is 0 Å². The first kappa shape index (κ1) is 18.9. The SMILES string of the molecule is C=CC(=O)N1CCC1CN(C)CC.CC.CS. The summed E-state index contributed by atoms with van der Waals surface area (Å²) in [6, 6.07) is 0.412. The Kier molecular flexibility index (Phi) is 13.3. The van der Waals surface area contributed by atoms with Crippen molar-refractivity contribution in [3.8, 4) is 0 Å². The minimum Gasteiger partial charge on any atom is -0.335 e. The van der Waals surface area contributed by atoms with Gasteiger partial charge in [-0.15, -0.1) is 0 Å². The van der Waals surface area contributed by atoms with E-state index in [1.54, 1.807) is 6.26 Å². The summed E-state index contributed by atoms with van der Waals surface area (Å²) >= 11 is 3.53. The van der Waals surface area contributed by atoms with Crippen LogP contribution in [-0.4, -0.2) is 54.7 Å². The molecule has 0 aliphatic carbocycles. The zero-order chi connectivity index (χ0) is 13.8. The zero-order valence-corrected chi connectivity index (χ0v) is 12.8. The summed E-state index contributed by atoms with van der Waals surface area (Å²) in [5, 5.41) is 0. The highest BCUT2D eigenvalue weighted by atomic mass is 32.1. The molecule has 1 unspecified atom stereocenters. The Bertz CT molecular complexity index is 210. The maximum absolute atomic E-state index is 11.3. The summed E-state index contributed by atoms with van der Waals surface area (Å²) in [6.45, 7) is 12.5. The monoisotopic (exact) mass is 260 g/mol. The fourth-order valence-electron chi connectivity index (χ4n) is 1.53. The molecular weight excluding hydrogens is 232 g/mol. The Hall–Kier alpha value is -0.480. The second-order valence-electron chi connectivity index (χ2n) is 3.53. The van der Waals surface area contributed by atoms with Crippen LogP contribution in [0.5, 0.6) is 0 Å². The number of likely N-dealkylation sites (tertiary alicyclic amines) is 1. The molecule has 0 spiro atoms. The van der Waals surface area contributed by atoms with Gasteiger partial charge in [0.1, 0.15) is 0 Å². The predicted molar refractivity (Wildman–Crippen MR) is 79.7 cm³/mol. The predicted octanol–water partition coefficient (Wildman–Crippen LogP) is 2.30. The number of likely N-dealkylation sites (N-methyl/N-ethyl adjacent to an activating group) is 1. The quantitative estimate of drug-likeness (QED) is 0.619. The Labute approximate surface area is 112 Å². The fraction of sp³-hybridized carbons (Fsp3) is 0.769. The van der Waals surface area contributed by atoms with Crippen LogP contribution in [0.1, 0.15) is 27.2 Å². The van der Waals surface area contributed by atoms with Crippen LogP contribution in [-0.2, 0) is 4.79 Å². The standard InChI is InChI=1S/C10H18N2O.C2H6.CH4S/c1-4-10(13)12-7-6-9(12)8-11(3)5-2;2*1-2/h4,9H,1,5-8H2,2-3H3;1-2H3;2H,1H3. The molecule has 0 saturated carbocycles. The summed E-state index contributed by atoms with van der Waals surface area (Å²) in [7, 11) is 2.08. The van der Waals surface area contributed by atoms with Gasteiger partial charge in [-0.05, 0) is 32.3 Å². The number of nitrogens with zero attached hydrogens (tertiary/aromatic N) is 2. The Morgan fingerprint density at radius 1 is 1.53 bits per heavy atom. The van der Waals surface area contributed by atoms with Crippen LogP contribution in [0.2, 0.25) is 0 Å². The van der Waals surface area contributed by atoms with Crippen molar-refractivity contribution >= 4 is 18.5 Å². The number of carbonyl (C=O) groups is 1. The van der Waals surface area contributed by atoms with Crippen molar-refractivity contribution in [2.24, 2.45) is 0 Å². The van der Waals surface area contributed by atoms with Gasteiger partial charge in [-0.1, -0.05) is 27.4 Å². The van der Waals surface area contributed by atoms with Gasteiger partial charge < -0.3 is 9.80 Å². The van der Waals surface area contributed by atoms with Crippen LogP contribution < -0.4 is 0 Å². The molecule has 0 aromatic carbocycles. The molecule has 3 nitrogen and oxygen atoms in total. The minimum absolute atomic E-state index is 0.0701. The molecule has 1 amide bonds. The molecule has 0 aromatic rings. The van der Waals surface area contributed by atoms with Gasteiger partial charge in [0.15, 0.2) is 0 Å². The normalized spacial score (nSPS) is 17.1. The molecule has 1 atom stereocenters. The van der Waals surface area contributed by atoms with Crippen molar-refractivity contribution in [1.29, 1.82) is 0 Å². The molecule has 4 heteroatoms. The minimum atomic E-state index is 0.0701. The molecule has 1 saturated heterocycles. The Balaban J connectivity index is 0. The average molecular weight is 260 g/mol. The lowest BCUT2D eigenvalue weighted by molar-refractivity contribution is -0.133. The van der Waals surface area contributed by atoms with Crippen LogP contribution in [0.25, 0.3) is 0 Å². The zero-order valence-electron chi connectivity index (χ0n) is 11.9. The average Bonchev–Trinajstić information content (AvgIpc) is 2.38. The van der Waals surface area contributed by atoms with Gasteiger partial charge in [0.05, 0.1) is 0 Å². The highest BCUT2D eigenvalue weighted by Gasteiger charge is 2.30. The fourth-order valence-corrected chi connectivity index (χ4v) is 1.53. The first-order valence-electron chi connectivity index (χ1n) is 6.25. The number of hydrogen-bond acceptors (Lipinski definition) is 3. The van der Waals surface area contributed by atoms with E-state index < -0.39 is 0 Å². The number of carbonyl (C=O) groups excluding carboxylic acids is 1. The van der Waals surface area contributed by atoms with E-state index in [0.717, 1.165) is 26.1 Å². The lowest BCUT2D eigenvalue weighted by Crippen LogP contribution is -2.55. The number of thiol groups is 1. The van der Waals surface area contributed by atoms with Crippen molar-refractivity contribution in [3.05, 3.63) is 12.7 Å². The Morgan fingerprint density at radius 2 is 2.06 bits per heavy atom. The second-order valence-corrected chi connectivity index (χ2v) is 3.53. The summed E-state index contributed by atoms with van der Waals surface area (Å²) in [4.78, 5) is 15.4. The van der Waals surface area contributed by atoms with Gasteiger partial charge in [-0.3, -0.25) is 4.79 Å². The summed E-state index contributed by atoms with van der Waals surface area (Å²) in [5.41, 5.74) is 0. The number of rotatable bonds is 4. The molecule has 1 rings (SSSR count). The van der Waals surface area contributed by atoms with E-state index in [2.05, 4.69) is 38.1 Å². The molecular formula is C13H28N2OS. The van der Waals surface area contributed by atoms with Gasteiger partial charge >= 0.3 is 0 Å². The van der Waals surface area contributed by atoms with Crippen molar-refractivity contribution in [2.75, 3.05) is 32.9 Å². The molecule has 1 heterocycles. The van der Waals surface area contributed by atoms with Crippen LogP contribution in [0, 0.1) is 0 Å². The van der Waals surface area contributed by atoms with E-state index in [-0.39, 0.29) is 5.91 Å². The first-order valence-corrected chi connectivity index (χ1v) is 7.14. The number of amides is 1. The third kappa shape index (κ3) is 6.74. The molecule has 1 aliphatic rings. The van der Waals surface area contributed by atoms with Gasteiger partial charge in [-0.2, -0.15) is 12.6 Å². The molecule has 1 fully saturated rings. The lowest BCUT2D eigenvalue weighted by Gasteiger charge is -2.42. The van der Waals surface area contributed by atoms with E-state index in [9.17, 15) is 4.79 Å². The van der Waals surface area contributed by atoms with Crippen LogP contribution >= 0.6 is 12.6 Å². The highest BCUT2D eigenvalue weighted by molar-refractivity contribution is 7.79. The third-order valence-electron chi connectivity index (χ3n) is 2.66. The molecule has 0 bridgehead atoms. The summed E-state index contributed by atoms with van der Waals surface area (Å²) in [5.74, 6) is 0.0701. The first-order chi connectivity index (χ1) is 8.19. The molecule has 102 valence electrons. The molecule has 0 N–H and O–H groups in total. The van der Waals surface area contributed by atoms with Crippen LogP contribution in [0.15, 0.2) is 12.7 Å². The van der Waals surface area contributed by atoms with Crippen molar-refractivity contribution < 1.29 is 4.79 Å². The van der Waals surface area contributed by atoms with E-state index in [1.165, 1.54) is 6.08 Å². The van der Waals surface area contributed by atoms with E-state index in [1.807, 2.05) is 18.7 Å². The number of hydrogen-bond donors (Lipinski definition) is 1. The van der Waals surface area contributed by atoms with E-state index in [4.69, 9.17) is 0 Å². The second kappa shape index (κ2) is 12.0. The molecule has 17 heavy (non-hydrogen) atoms. The molecule has 1 aliphatic heterocycles. The Morgan fingerprint density at radius 3 is 2.35 bits per heavy atom. The van der Waals surface area contributed by atoms with Crippen molar-refractivity contribution in [3.63, 3.8) is 0 Å². The molecule has 0 radical (unpaired) electrons. The summed E-state index contributed by atoms with van der Waals surface area (Å²) < 4.78 is 0. The van der Waals surface area contributed by atoms with Gasteiger partial charge in [-0.25, -0.2) is 0 Å². The summed E-state index contributed by atoms with van der Waals surface area (Å²) in [6.07, 6.45) is 4.22. The maximum atomic E-state index is 11.3. The topological polar surface area (TPSA) is 23.6 Å². The smallest absolute Gasteiger partial charge is 0.246 e. The highest BCUT2D eigenvalue weighted by Crippen LogP contribution is 2.18. The largest absolute Gasteiger partial charge is 0.335 e. The van der Waals surface area contributed by atoms with Crippen molar-refractivity contribution in [2.45, 2.75) is 33.2 Å². The van der Waals surface area contributed by atoms with E-state index >= 15 is 0 Å². The third-order valence-corrected chi connectivity index (χ3v) is 2.66. The lowest BCUT2D eigenvalue weighted by atomic mass is 10.0. The van der Waals surface area contributed by atoms with Gasteiger partial charge in [0, 0.05) is 19.1 Å². The maximum Gasteiger partial charge on any atom is 0.246 e. The molecule has 0 aromatic heterocycles. The van der Waals surface area contributed by atoms with E-state index in [0.29, 0.717) is 6.04 Å². The van der Waals surface area contributed by atoms with Gasteiger partial charge in [0.2, 0.25) is 5.91 Å². The van der Waals surface area contributed by atoms with Crippen molar-refractivity contribution in [1.82, 2.24) is 9.80 Å².